The van der Waals surface area contributed by atoms with Crippen LogP contribution in [0.4, 0.5) is 11.4 Å². The first kappa shape index (κ1) is 31.5. The first-order valence-electron chi connectivity index (χ1n) is 14.8. The molecule has 0 spiro atoms. The molecule has 2 N–H and O–H groups in total. The zero-order valence-electron chi connectivity index (χ0n) is 24.9. The third-order valence-electron chi connectivity index (χ3n) is 8.35. The number of para-hydroxylation sites is 2. The molecule has 1 unspecified atom stereocenters. The van der Waals surface area contributed by atoms with E-state index in [2.05, 4.69) is 10.6 Å². The number of piperidine rings is 1. The Morgan fingerprint density at radius 2 is 1.61 bits per heavy atom. The van der Waals surface area contributed by atoms with Crippen molar-refractivity contribution in [1.29, 1.82) is 0 Å². The van der Waals surface area contributed by atoms with Crippen molar-refractivity contribution >= 4 is 50.7 Å². The Morgan fingerprint density at radius 1 is 0.977 bits per heavy atom. The van der Waals surface area contributed by atoms with Crippen LogP contribution in [0.15, 0.2) is 71.6 Å². The molecule has 0 radical (unpaired) electrons. The minimum absolute atomic E-state index is 0.0606. The van der Waals surface area contributed by atoms with Gasteiger partial charge in [-0.15, -0.1) is 0 Å². The average molecular weight is 637 g/mol. The van der Waals surface area contributed by atoms with E-state index in [9.17, 15) is 22.8 Å². The summed E-state index contributed by atoms with van der Waals surface area (Å²) in [7, 11) is -4.25. The number of carbonyl (C=O) groups is 3. The lowest BCUT2D eigenvalue weighted by Crippen LogP contribution is -2.53. The lowest BCUT2D eigenvalue weighted by molar-refractivity contribution is -0.131. The van der Waals surface area contributed by atoms with E-state index in [-0.39, 0.29) is 17.2 Å². The molecular weight excluding hydrogens is 600 g/mol. The van der Waals surface area contributed by atoms with Gasteiger partial charge in [0.15, 0.2) is 0 Å². The van der Waals surface area contributed by atoms with Gasteiger partial charge in [0.2, 0.25) is 17.7 Å². The SMILES string of the molecule is Cc1cc(Cl)cc(C)c1S(=O)(=O)N1c2ccccc2NC(=O)C1CC(=O)NCCC1CCN(C(=O)Cc2ccccc2)CC1. The summed E-state index contributed by atoms with van der Waals surface area (Å²) in [5.74, 6) is -0.503. The number of carbonyl (C=O) groups excluding carboxylic acids is 3. The number of sulfonamides is 1. The van der Waals surface area contributed by atoms with Crippen LogP contribution < -0.4 is 14.9 Å². The molecule has 0 aliphatic carbocycles. The molecule has 0 saturated carbocycles. The van der Waals surface area contributed by atoms with E-state index in [0.29, 0.717) is 59.5 Å². The van der Waals surface area contributed by atoms with E-state index < -0.39 is 27.9 Å². The number of rotatable bonds is 9. The van der Waals surface area contributed by atoms with Crippen molar-refractivity contribution < 1.29 is 22.8 Å². The van der Waals surface area contributed by atoms with Gasteiger partial charge in [-0.2, -0.15) is 0 Å². The maximum atomic E-state index is 14.2. The largest absolute Gasteiger partial charge is 0.356 e. The number of anilines is 2. The van der Waals surface area contributed by atoms with Gasteiger partial charge < -0.3 is 15.5 Å². The molecule has 5 rings (SSSR count). The lowest BCUT2D eigenvalue weighted by atomic mass is 9.93. The molecule has 1 fully saturated rings. The summed E-state index contributed by atoms with van der Waals surface area (Å²) < 4.78 is 29.4. The van der Waals surface area contributed by atoms with Crippen molar-refractivity contribution in [1.82, 2.24) is 10.2 Å². The second-order valence-electron chi connectivity index (χ2n) is 11.5. The number of fused-ring (bicyclic) bond motifs is 1. The van der Waals surface area contributed by atoms with Gasteiger partial charge in [0.05, 0.1) is 29.1 Å². The predicted octanol–water partition coefficient (Wildman–Crippen LogP) is 4.85. The summed E-state index contributed by atoms with van der Waals surface area (Å²) in [5.41, 5.74) is 2.56. The molecule has 2 aliphatic heterocycles. The van der Waals surface area contributed by atoms with Gasteiger partial charge in [-0.1, -0.05) is 54.1 Å². The summed E-state index contributed by atoms with van der Waals surface area (Å²) in [4.78, 5) is 41.1. The minimum atomic E-state index is -4.25. The molecular formula is C33H37ClN4O5S. The number of nitrogens with one attached hydrogen (secondary N) is 2. The molecule has 44 heavy (non-hydrogen) atoms. The number of nitrogens with zero attached hydrogens (tertiary/aromatic N) is 2. The van der Waals surface area contributed by atoms with Gasteiger partial charge in [0.1, 0.15) is 6.04 Å². The van der Waals surface area contributed by atoms with Gasteiger partial charge in [0, 0.05) is 24.7 Å². The van der Waals surface area contributed by atoms with Gasteiger partial charge >= 0.3 is 0 Å². The fourth-order valence-corrected chi connectivity index (χ4v) is 8.53. The molecule has 2 heterocycles. The van der Waals surface area contributed by atoms with Crippen LogP contribution in [0.5, 0.6) is 0 Å². The van der Waals surface area contributed by atoms with Gasteiger partial charge in [0.25, 0.3) is 10.0 Å². The summed E-state index contributed by atoms with van der Waals surface area (Å²) in [6.45, 7) is 5.08. The van der Waals surface area contributed by atoms with Crippen LogP contribution in [0.25, 0.3) is 0 Å². The molecule has 3 aromatic carbocycles. The fourth-order valence-electron chi connectivity index (χ4n) is 6.15. The monoisotopic (exact) mass is 636 g/mol. The summed E-state index contributed by atoms with van der Waals surface area (Å²) in [5, 5.41) is 6.07. The molecule has 3 amide bonds. The highest BCUT2D eigenvalue weighted by molar-refractivity contribution is 7.93. The molecule has 9 nitrogen and oxygen atoms in total. The second kappa shape index (κ2) is 13.4. The smallest absolute Gasteiger partial charge is 0.265 e. The third-order valence-corrected chi connectivity index (χ3v) is 10.7. The standard InChI is InChI=1S/C33H37ClN4O5S/c1-22-18-26(34)19-23(2)32(22)44(42,43)38-28-11-7-6-10-27(28)36-33(41)29(38)21-30(39)35-15-12-24-13-16-37(17-14-24)31(40)20-25-8-4-3-5-9-25/h3-11,18-19,24,29H,12-17,20-21H2,1-2H3,(H,35,39)(H,36,41). The van der Waals surface area contributed by atoms with E-state index in [1.807, 2.05) is 35.2 Å². The third kappa shape index (κ3) is 6.92. The van der Waals surface area contributed by atoms with Crippen LogP contribution in [-0.2, 0) is 30.8 Å². The Morgan fingerprint density at radius 3 is 2.30 bits per heavy atom. The predicted molar refractivity (Wildman–Crippen MR) is 171 cm³/mol. The maximum absolute atomic E-state index is 14.2. The van der Waals surface area contributed by atoms with E-state index >= 15 is 0 Å². The van der Waals surface area contributed by atoms with E-state index in [4.69, 9.17) is 11.6 Å². The lowest BCUT2D eigenvalue weighted by Gasteiger charge is -2.37. The average Bonchev–Trinajstić information content (AvgIpc) is 2.97. The molecule has 2 aliphatic rings. The first-order chi connectivity index (χ1) is 21.0. The summed E-state index contributed by atoms with van der Waals surface area (Å²) in [6, 6.07) is 18.2. The number of aryl methyl sites for hydroxylation is 2. The number of halogens is 1. The van der Waals surface area contributed by atoms with Crippen LogP contribution in [-0.4, -0.2) is 56.7 Å². The Hall–Kier alpha value is -3.89. The van der Waals surface area contributed by atoms with E-state index in [1.165, 1.54) is 0 Å². The first-order valence-corrected chi connectivity index (χ1v) is 16.7. The van der Waals surface area contributed by atoms with Crippen molar-refractivity contribution in [2.24, 2.45) is 5.92 Å². The zero-order valence-corrected chi connectivity index (χ0v) is 26.5. The highest BCUT2D eigenvalue weighted by atomic mass is 35.5. The molecule has 1 saturated heterocycles. The molecule has 11 heteroatoms. The number of benzene rings is 3. The highest BCUT2D eigenvalue weighted by Gasteiger charge is 2.43. The van der Waals surface area contributed by atoms with Crippen LogP contribution in [0.2, 0.25) is 5.02 Å². The van der Waals surface area contributed by atoms with Crippen LogP contribution in [0.3, 0.4) is 0 Å². The quantitative estimate of drug-likeness (QED) is 0.348. The summed E-state index contributed by atoms with van der Waals surface area (Å²) >= 11 is 6.17. The highest BCUT2D eigenvalue weighted by Crippen LogP contribution is 2.39. The number of amides is 3. The van der Waals surface area contributed by atoms with Crippen LogP contribution in [0, 0.1) is 19.8 Å². The number of hydrogen-bond donors (Lipinski definition) is 2. The molecule has 0 aromatic heterocycles. The zero-order chi connectivity index (χ0) is 31.4. The Labute approximate surface area is 263 Å². The molecule has 232 valence electrons. The van der Waals surface area contributed by atoms with Gasteiger partial charge in [-0.05, 0) is 80.0 Å². The molecule has 3 aromatic rings. The van der Waals surface area contributed by atoms with Gasteiger partial charge in [-0.3, -0.25) is 18.7 Å². The Kier molecular flexibility index (Phi) is 9.60. The molecule has 1 atom stereocenters. The van der Waals surface area contributed by atoms with Crippen LogP contribution in [0.1, 0.15) is 42.4 Å². The van der Waals surface area contributed by atoms with Crippen molar-refractivity contribution in [3.05, 3.63) is 88.4 Å². The molecule has 0 bridgehead atoms. The van der Waals surface area contributed by atoms with Crippen molar-refractivity contribution in [3.8, 4) is 0 Å². The minimum Gasteiger partial charge on any atom is -0.356 e. The van der Waals surface area contributed by atoms with Crippen LogP contribution >= 0.6 is 11.6 Å². The normalized spacial score (nSPS) is 17.2. The summed E-state index contributed by atoms with van der Waals surface area (Å²) in [6.07, 6.45) is 2.49. The van der Waals surface area contributed by atoms with E-state index in [1.54, 1.807) is 50.2 Å². The van der Waals surface area contributed by atoms with Gasteiger partial charge in [-0.25, -0.2) is 8.42 Å². The van der Waals surface area contributed by atoms with Crippen molar-refractivity contribution in [3.63, 3.8) is 0 Å². The topological polar surface area (TPSA) is 116 Å². The fraction of sp³-hybridized carbons (Fsp3) is 0.364. The second-order valence-corrected chi connectivity index (χ2v) is 13.7. The van der Waals surface area contributed by atoms with Crippen molar-refractivity contribution in [2.45, 2.75) is 56.9 Å². The van der Waals surface area contributed by atoms with Crippen molar-refractivity contribution in [2.75, 3.05) is 29.3 Å². The number of hydrogen-bond acceptors (Lipinski definition) is 5. The Balaban J connectivity index is 1.21. The van der Waals surface area contributed by atoms with E-state index in [0.717, 1.165) is 29.1 Å². The maximum Gasteiger partial charge on any atom is 0.265 e. The Bertz CT molecular complexity index is 1630. The number of likely N-dealkylation sites (tertiary alicyclic amines) is 1.